The lowest BCUT2D eigenvalue weighted by molar-refractivity contribution is -0.124. The van der Waals surface area contributed by atoms with E-state index in [0.717, 1.165) is 22.3 Å². The van der Waals surface area contributed by atoms with Gasteiger partial charge >= 0.3 is 0 Å². The van der Waals surface area contributed by atoms with E-state index >= 15 is 0 Å². The van der Waals surface area contributed by atoms with Gasteiger partial charge in [-0.05, 0) is 31.5 Å². The van der Waals surface area contributed by atoms with Gasteiger partial charge in [0.2, 0.25) is 5.91 Å². The molecule has 1 atom stereocenters. The molecule has 0 saturated carbocycles. The predicted octanol–water partition coefficient (Wildman–Crippen LogP) is 2.09. The normalized spacial score (nSPS) is 12.5. The summed E-state index contributed by atoms with van der Waals surface area (Å²) in [6.45, 7) is 4.03. The van der Waals surface area contributed by atoms with Crippen molar-refractivity contribution in [2.24, 2.45) is 7.05 Å². The van der Waals surface area contributed by atoms with Gasteiger partial charge in [0.25, 0.3) is 0 Å². The van der Waals surface area contributed by atoms with E-state index in [2.05, 4.69) is 15.5 Å². The molecule has 0 aliphatic carbocycles. The Morgan fingerprint density at radius 1 is 1.30 bits per heavy atom. The minimum absolute atomic E-state index is 0.146. The number of carbonyl (C=O) groups is 1. The summed E-state index contributed by atoms with van der Waals surface area (Å²) >= 11 is 0. The summed E-state index contributed by atoms with van der Waals surface area (Å²) in [6, 6.07) is 5.61. The number of benzene rings is 1. The van der Waals surface area contributed by atoms with Gasteiger partial charge in [0, 0.05) is 13.6 Å². The van der Waals surface area contributed by atoms with E-state index in [4.69, 9.17) is 0 Å². The Morgan fingerprint density at radius 2 is 2.00 bits per heavy atom. The lowest BCUT2D eigenvalue weighted by atomic mass is 10.2. The van der Waals surface area contributed by atoms with Crippen molar-refractivity contribution in [1.29, 1.82) is 0 Å². The number of nitrogens with zero attached hydrogens (tertiary/aromatic N) is 4. The molecule has 6 nitrogen and oxygen atoms in total. The Bertz CT molecular complexity index is 815. The van der Waals surface area contributed by atoms with Crippen LogP contribution < -0.4 is 5.32 Å². The van der Waals surface area contributed by atoms with Crippen molar-refractivity contribution in [3.63, 3.8) is 0 Å². The highest BCUT2D eigenvalue weighted by Crippen LogP contribution is 2.17. The van der Waals surface area contributed by atoms with Crippen LogP contribution >= 0.6 is 0 Å². The standard InChI is InChI=1S/C16H18FN5O/c1-10-15-14(21(3)19-10)9-22(20-15)11(2)16(23)18-8-12-4-6-13(17)7-5-12/h4-7,9,11H,8H2,1-3H3,(H,18,23). The van der Waals surface area contributed by atoms with Crippen LogP contribution in [0.3, 0.4) is 0 Å². The van der Waals surface area contributed by atoms with E-state index in [9.17, 15) is 9.18 Å². The van der Waals surface area contributed by atoms with Crippen molar-refractivity contribution in [2.75, 3.05) is 0 Å². The molecule has 2 aromatic heterocycles. The molecule has 3 rings (SSSR count). The first kappa shape index (κ1) is 15.2. The molecule has 1 aromatic carbocycles. The van der Waals surface area contributed by atoms with Crippen molar-refractivity contribution in [3.05, 3.63) is 47.5 Å². The van der Waals surface area contributed by atoms with Crippen LogP contribution in [-0.2, 0) is 18.4 Å². The molecule has 23 heavy (non-hydrogen) atoms. The third-order valence-corrected chi connectivity index (χ3v) is 3.86. The van der Waals surface area contributed by atoms with Gasteiger partial charge in [-0.3, -0.25) is 14.2 Å². The van der Waals surface area contributed by atoms with Crippen molar-refractivity contribution in [1.82, 2.24) is 24.9 Å². The minimum Gasteiger partial charge on any atom is -0.350 e. The zero-order valence-electron chi connectivity index (χ0n) is 13.2. The summed E-state index contributed by atoms with van der Waals surface area (Å²) in [5, 5.41) is 11.6. The fraction of sp³-hybridized carbons (Fsp3) is 0.312. The van der Waals surface area contributed by atoms with Gasteiger partial charge in [-0.2, -0.15) is 10.2 Å². The zero-order chi connectivity index (χ0) is 16.6. The fourth-order valence-corrected chi connectivity index (χ4v) is 2.46. The summed E-state index contributed by atoms with van der Waals surface area (Å²) in [4.78, 5) is 12.3. The minimum atomic E-state index is -0.442. The number of aromatic nitrogens is 4. The highest BCUT2D eigenvalue weighted by molar-refractivity contribution is 5.81. The summed E-state index contributed by atoms with van der Waals surface area (Å²) in [5.74, 6) is -0.437. The van der Waals surface area contributed by atoms with Crippen LogP contribution in [0.1, 0.15) is 24.2 Å². The maximum absolute atomic E-state index is 12.9. The Morgan fingerprint density at radius 3 is 2.65 bits per heavy atom. The molecule has 120 valence electrons. The van der Waals surface area contributed by atoms with Crippen molar-refractivity contribution >= 4 is 16.9 Å². The molecule has 0 saturated heterocycles. The fourth-order valence-electron chi connectivity index (χ4n) is 2.46. The Kier molecular flexibility index (Phi) is 3.85. The molecule has 0 aliphatic rings. The van der Waals surface area contributed by atoms with Crippen LogP contribution in [0.25, 0.3) is 11.0 Å². The highest BCUT2D eigenvalue weighted by Gasteiger charge is 2.18. The van der Waals surface area contributed by atoms with Crippen molar-refractivity contribution in [2.45, 2.75) is 26.4 Å². The monoisotopic (exact) mass is 315 g/mol. The molecule has 1 amide bonds. The first-order valence-corrected chi connectivity index (χ1v) is 7.36. The number of aryl methyl sites for hydroxylation is 2. The van der Waals surface area contributed by atoms with Gasteiger partial charge in [0.05, 0.1) is 11.9 Å². The third-order valence-electron chi connectivity index (χ3n) is 3.86. The second kappa shape index (κ2) is 5.83. The summed E-state index contributed by atoms with van der Waals surface area (Å²) in [5.41, 5.74) is 3.36. The summed E-state index contributed by atoms with van der Waals surface area (Å²) < 4.78 is 16.3. The van der Waals surface area contributed by atoms with Crippen LogP contribution in [0.4, 0.5) is 4.39 Å². The van der Waals surface area contributed by atoms with Crippen LogP contribution in [-0.4, -0.2) is 25.5 Å². The number of amides is 1. The smallest absolute Gasteiger partial charge is 0.244 e. The molecule has 0 bridgehead atoms. The van der Waals surface area contributed by atoms with Gasteiger partial charge in [-0.1, -0.05) is 12.1 Å². The number of carbonyl (C=O) groups excluding carboxylic acids is 1. The molecule has 1 N–H and O–H groups in total. The van der Waals surface area contributed by atoms with E-state index in [0.29, 0.717) is 6.54 Å². The van der Waals surface area contributed by atoms with Crippen LogP contribution in [0, 0.1) is 12.7 Å². The van der Waals surface area contributed by atoms with Crippen LogP contribution in [0.15, 0.2) is 30.5 Å². The molecule has 0 spiro atoms. The quantitative estimate of drug-likeness (QED) is 0.802. The number of nitrogens with one attached hydrogen (secondary N) is 1. The molecule has 7 heteroatoms. The average molecular weight is 315 g/mol. The summed E-state index contributed by atoms with van der Waals surface area (Å²) in [7, 11) is 1.85. The topological polar surface area (TPSA) is 64.7 Å². The molecular formula is C16H18FN5O. The van der Waals surface area contributed by atoms with E-state index in [1.807, 2.05) is 20.2 Å². The highest BCUT2D eigenvalue weighted by atomic mass is 19.1. The Hall–Kier alpha value is -2.70. The predicted molar refractivity (Wildman–Crippen MR) is 84.2 cm³/mol. The maximum atomic E-state index is 12.9. The molecule has 1 unspecified atom stereocenters. The molecule has 2 heterocycles. The number of halogens is 1. The Labute approximate surface area is 132 Å². The number of hydrogen-bond acceptors (Lipinski definition) is 3. The summed E-state index contributed by atoms with van der Waals surface area (Å²) in [6.07, 6.45) is 1.82. The van der Waals surface area contributed by atoms with Gasteiger partial charge in [0.1, 0.15) is 22.9 Å². The second-order valence-electron chi connectivity index (χ2n) is 5.57. The van der Waals surface area contributed by atoms with Crippen molar-refractivity contribution in [3.8, 4) is 0 Å². The van der Waals surface area contributed by atoms with Gasteiger partial charge < -0.3 is 5.32 Å². The van der Waals surface area contributed by atoms with Gasteiger partial charge in [-0.15, -0.1) is 0 Å². The molecule has 3 aromatic rings. The first-order valence-electron chi connectivity index (χ1n) is 7.36. The Balaban J connectivity index is 1.70. The largest absolute Gasteiger partial charge is 0.350 e. The average Bonchev–Trinajstić information content (AvgIpc) is 3.08. The van der Waals surface area contributed by atoms with Gasteiger partial charge in [-0.25, -0.2) is 4.39 Å². The van der Waals surface area contributed by atoms with E-state index < -0.39 is 6.04 Å². The van der Waals surface area contributed by atoms with E-state index in [1.54, 1.807) is 28.4 Å². The van der Waals surface area contributed by atoms with Crippen molar-refractivity contribution < 1.29 is 9.18 Å². The van der Waals surface area contributed by atoms with Crippen LogP contribution in [0.2, 0.25) is 0 Å². The first-order chi connectivity index (χ1) is 11.0. The molecule has 0 aliphatic heterocycles. The molecular weight excluding hydrogens is 297 g/mol. The number of hydrogen-bond donors (Lipinski definition) is 1. The van der Waals surface area contributed by atoms with E-state index in [-0.39, 0.29) is 11.7 Å². The maximum Gasteiger partial charge on any atom is 0.244 e. The zero-order valence-corrected chi connectivity index (χ0v) is 13.2. The number of rotatable bonds is 4. The lowest BCUT2D eigenvalue weighted by Gasteiger charge is -2.12. The molecule has 0 fully saturated rings. The number of fused-ring (bicyclic) bond motifs is 1. The van der Waals surface area contributed by atoms with Gasteiger partial charge in [0.15, 0.2) is 0 Å². The SMILES string of the molecule is Cc1nn(C)c2cn(C(C)C(=O)NCc3ccc(F)cc3)nc12. The second-order valence-corrected chi connectivity index (χ2v) is 5.57. The third kappa shape index (κ3) is 2.94. The lowest BCUT2D eigenvalue weighted by Crippen LogP contribution is -2.30. The van der Waals surface area contributed by atoms with Crippen LogP contribution in [0.5, 0.6) is 0 Å². The van der Waals surface area contributed by atoms with E-state index in [1.165, 1.54) is 12.1 Å². The molecule has 0 radical (unpaired) electrons.